The van der Waals surface area contributed by atoms with E-state index >= 15 is 0 Å². The van der Waals surface area contributed by atoms with Crippen LogP contribution in [0, 0.1) is 18.6 Å². The molecule has 3 heteroatoms. The first-order chi connectivity index (χ1) is 8.50. The van der Waals surface area contributed by atoms with Crippen LogP contribution in [0.25, 0.3) is 11.1 Å². The Bertz CT molecular complexity index is 601. The third-order valence-electron chi connectivity index (χ3n) is 2.86. The first-order valence-corrected chi connectivity index (χ1v) is 5.56. The molecule has 2 aromatic rings. The van der Waals surface area contributed by atoms with Gasteiger partial charge >= 0.3 is 0 Å². The minimum absolute atomic E-state index is 0.0508. The molecule has 2 rings (SSSR count). The van der Waals surface area contributed by atoms with E-state index in [9.17, 15) is 13.6 Å². The van der Waals surface area contributed by atoms with Crippen molar-refractivity contribution in [1.29, 1.82) is 0 Å². The van der Waals surface area contributed by atoms with Crippen LogP contribution in [0.5, 0.6) is 0 Å². The molecule has 18 heavy (non-hydrogen) atoms. The van der Waals surface area contributed by atoms with Gasteiger partial charge in [-0.15, -0.1) is 0 Å². The fourth-order valence-corrected chi connectivity index (χ4v) is 1.79. The Morgan fingerprint density at radius 2 is 1.61 bits per heavy atom. The molecule has 0 aliphatic heterocycles. The second-order valence-electron chi connectivity index (χ2n) is 4.19. The van der Waals surface area contributed by atoms with Gasteiger partial charge in [-0.25, -0.2) is 8.78 Å². The van der Waals surface area contributed by atoms with Crippen LogP contribution in [0.3, 0.4) is 0 Å². The van der Waals surface area contributed by atoms with Crippen LogP contribution in [-0.4, -0.2) is 5.78 Å². The lowest BCUT2D eigenvalue weighted by molar-refractivity contribution is 0.101. The average molecular weight is 246 g/mol. The standard InChI is InChI=1S/C15H12F2O/c1-9-3-8-13(16)14(15(9)17)12-6-4-11(5-7-12)10(2)18/h3-8H,1-2H3. The summed E-state index contributed by atoms with van der Waals surface area (Å²) in [4.78, 5) is 11.1. The van der Waals surface area contributed by atoms with Crippen LogP contribution < -0.4 is 0 Å². The Labute approximate surface area is 104 Å². The number of hydrogen-bond donors (Lipinski definition) is 0. The quantitative estimate of drug-likeness (QED) is 0.728. The summed E-state index contributed by atoms with van der Waals surface area (Å²) in [5, 5.41) is 0. The van der Waals surface area contributed by atoms with Crippen molar-refractivity contribution in [2.75, 3.05) is 0 Å². The monoisotopic (exact) mass is 246 g/mol. The van der Waals surface area contributed by atoms with Gasteiger partial charge in [0, 0.05) is 5.56 Å². The lowest BCUT2D eigenvalue weighted by atomic mass is 10.00. The Morgan fingerprint density at radius 1 is 1.00 bits per heavy atom. The SMILES string of the molecule is CC(=O)c1ccc(-c2c(F)ccc(C)c2F)cc1. The van der Waals surface area contributed by atoms with Crippen LogP contribution in [0.15, 0.2) is 36.4 Å². The molecule has 0 aliphatic rings. The molecule has 92 valence electrons. The summed E-state index contributed by atoms with van der Waals surface area (Å²) in [6.07, 6.45) is 0. The van der Waals surface area contributed by atoms with Crippen molar-refractivity contribution >= 4 is 5.78 Å². The zero-order chi connectivity index (χ0) is 13.3. The van der Waals surface area contributed by atoms with Gasteiger partial charge < -0.3 is 0 Å². The molecule has 0 atom stereocenters. The first kappa shape index (κ1) is 12.4. The molecule has 0 saturated carbocycles. The molecule has 2 aromatic carbocycles. The third kappa shape index (κ3) is 2.16. The second kappa shape index (κ2) is 4.69. The van der Waals surface area contributed by atoms with E-state index in [0.29, 0.717) is 16.7 Å². The highest BCUT2D eigenvalue weighted by molar-refractivity contribution is 5.94. The smallest absolute Gasteiger partial charge is 0.159 e. The van der Waals surface area contributed by atoms with Crippen LogP contribution in [0.1, 0.15) is 22.8 Å². The van der Waals surface area contributed by atoms with Gasteiger partial charge in [0.2, 0.25) is 0 Å². The maximum absolute atomic E-state index is 13.9. The Balaban J connectivity index is 2.55. The molecule has 1 nitrogen and oxygen atoms in total. The molecule has 0 spiro atoms. The Kier molecular flexibility index (Phi) is 3.24. The predicted molar refractivity (Wildman–Crippen MR) is 66.5 cm³/mol. The second-order valence-corrected chi connectivity index (χ2v) is 4.19. The molecular formula is C15H12F2O. The minimum atomic E-state index is -0.603. The molecule has 0 bridgehead atoms. The molecule has 0 fully saturated rings. The number of halogens is 2. The molecule has 0 unspecified atom stereocenters. The van der Waals surface area contributed by atoms with Crippen LogP contribution in [0.4, 0.5) is 8.78 Å². The zero-order valence-electron chi connectivity index (χ0n) is 10.1. The van der Waals surface area contributed by atoms with Gasteiger partial charge in [-0.3, -0.25) is 4.79 Å². The van der Waals surface area contributed by atoms with Crippen LogP contribution in [-0.2, 0) is 0 Å². The number of hydrogen-bond acceptors (Lipinski definition) is 1. The van der Waals surface area contributed by atoms with Crippen molar-refractivity contribution in [3.63, 3.8) is 0 Å². The lowest BCUT2D eigenvalue weighted by Gasteiger charge is -2.08. The number of Topliss-reactive ketones (excluding diaryl/α,β-unsaturated/α-hetero) is 1. The van der Waals surface area contributed by atoms with E-state index in [4.69, 9.17) is 0 Å². The van der Waals surface area contributed by atoms with Gasteiger partial charge in [-0.2, -0.15) is 0 Å². The van der Waals surface area contributed by atoms with Gasteiger partial charge in [0.1, 0.15) is 11.6 Å². The number of rotatable bonds is 2. The molecule has 0 radical (unpaired) electrons. The molecule has 0 aromatic heterocycles. The van der Waals surface area contributed by atoms with Gasteiger partial charge in [0.25, 0.3) is 0 Å². The van der Waals surface area contributed by atoms with Gasteiger partial charge in [-0.05, 0) is 31.0 Å². The Morgan fingerprint density at radius 3 is 2.17 bits per heavy atom. The average Bonchev–Trinajstić information content (AvgIpc) is 2.35. The Hall–Kier alpha value is -2.03. The van der Waals surface area contributed by atoms with E-state index in [2.05, 4.69) is 0 Å². The first-order valence-electron chi connectivity index (χ1n) is 5.56. The maximum atomic E-state index is 13.9. The number of benzene rings is 2. The summed E-state index contributed by atoms with van der Waals surface area (Å²) in [6, 6.07) is 8.89. The molecule has 0 amide bonds. The highest BCUT2D eigenvalue weighted by Gasteiger charge is 2.13. The van der Waals surface area contributed by atoms with Crippen molar-refractivity contribution in [2.24, 2.45) is 0 Å². The van der Waals surface area contributed by atoms with Gasteiger partial charge in [0.05, 0.1) is 5.56 Å². The van der Waals surface area contributed by atoms with Crippen molar-refractivity contribution in [3.8, 4) is 11.1 Å². The van der Waals surface area contributed by atoms with E-state index < -0.39 is 11.6 Å². The van der Waals surface area contributed by atoms with E-state index in [0.717, 1.165) is 0 Å². The number of aryl methyl sites for hydroxylation is 1. The topological polar surface area (TPSA) is 17.1 Å². The maximum Gasteiger partial charge on any atom is 0.159 e. The van der Waals surface area contributed by atoms with Gasteiger partial charge in [0.15, 0.2) is 5.78 Å². The van der Waals surface area contributed by atoms with E-state index in [1.54, 1.807) is 31.2 Å². The summed E-state index contributed by atoms with van der Waals surface area (Å²) >= 11 is 0. The highest BCUT2D eigenvalue weighted by Crippen LogP contribution is 2.28. The van der Waals surface area contributed by atoms with Crippen LogP contribution >= 0.6 is 0 Å². The normalized spacial score (nSPS) is 10.4. The van der Waals surface area contributed by atoms with Crippen molar-refractivity contribution in [2.45, 2.75) is 13.8 Å². The highest BCUT2D eigenvalue weighted by atomic mass is 19.1. The largest absolute Gasteiger partial charge is 0.295 e. The third-order valence-corrected chi connectivity index (χ3v) is 2.86. The fraction of sp³-hybridized carbons (Fsp3) is 0.133. The molecular weight excluding hydrogens is 234 g/mol. The number of ketones is 1. The summed E-state index contributed by atoms with van der Waals surface area (Å²) in [7, 11) is 0. The van der Waals surface area contributed by atoms with E-state index in [1.165, 1.54) is 19.1 Å². The van der Waals surface area contributed by atoms with Crippen molar-refractivity contribution in [1.82, 2.24) is 0 Å². The number of carbonyl (C=O) groups excluding carboxylic acids is 1. The van der Waals surface area contributed by atoms with Crippen LogP contribution in [0.2, 0.25) is 0 Å². The van der Waals surface area contributed by atoms with Crippen molar-refractivity contribution in [3.05, 3.63) is 59.2 Å². The van der Waals surface area contributed by atoms with E-state index in [-0.39, 0.29) is 11.3 Å². The fourth-order valence-electron chi connectivity index (χ4n) is 1.79. The predicted octanol–water partition coefficient (Wildman–Crippen LogP) is 4.14. The summed E-state index contributed by atoms with van der Waals surface area (Å²) in [5.41, 5.74) is 1.29. The molecule has 0 heterocycles. The molecule has 0 N–H and O–H groups in total. The zero-order valence-corrected chi connectivity index (χ0v) is 10.1. The van der Waals surface area contributed by atoms with Gasteiger partial charge in [-0.1, -0.05) is 30.3 Å². The van der Waals surface area contributed by atoms with E-state index in [1.807, 2.05) is 0 Å². The molecule has 0 saturated heterocycles. The number of carbonyl (C=O) groups is 1. The summed E-state index contributed by atoms with van der Waals surface area (Å²) < 4.78 is 27.6. The summed E-state index contributed by atoms with van der Waals surface area (Å²) in [5.74, 6) is -1.24. The molecule has 0 aliphatic carbocycles. The van der Waals surface area contributed by atoms with Crippen molar-refractivity contribution < 1.29 is 13.6 Å². The minimum Gasteiger partial charge on any atom is -0.295 e. The summed E-state index contributed by atoms with van der Waals surface area (Å²) in [6.45, 7) is 3.03. The lowest BCUT2D eigenvalue weighted by Crippen LogP contribution is -1.95.